The van der Waals surface area contributed by atoms with Gasteiger partial charge in [-0.25, -0.2) is 0 Å². The van der Waals surface area contributed by atoms with Gasteiger partial charge in [-0.05, 0) is 49.8 Å². The topological polar surface area (TPSA) is 56.0 Å². The lowest BCUT2D eigenvalue weighted by molar-refractivity contribution is 1.03. The number of nitrogens with zero attached hydrogens (tertiary/aromatic N) is 5. The van der Waals surface area contributed by atoms with Crippen molar-refractivity contribution in [1.29, 1.82) is 0 Å². The average molecular weight is 446 g/mol. The van der Waals surface area contributed by atoms with E-state index in [1.807, 2.05) is 92.9 Å². The Balaban J connectivity index is 2.00. The fourth-order valence-electron chi connectivity index (χ4n) is 3.75. The van der Waals surface area contributed by atoms with Crippen molar-refractivity contribution in [2.45, 2.75) is 13.8 Å². The maximum atomic E-state index is 4.68. The fourth-order valence-corrected chi connectivity index (χ4v) is 3.75. The number of hydrogen-bond acceptors (Lipinski definition) is 4. The molecule has 3 heterocycles. The van der Waals surface area contributed by atoms with Gasteiger partial charge in [0.1, 0.15) is 0 Å². The largest absolute Gasteiger partial charge is 0.289 e. The van der Waals surface area contributed by atoms with Crippen LogP contribution in [0.2, 0.25) is 0 Å². The second-order valence-electron chi connectivity index (χ2n) is 7.58. The molecule has 0 unspecified atom stereocenters. The monoisotopic (exact) mass is 445 g/mol. The van der Waals surface area contributed by atoms with Crippen molar-refractivity contribution in [2.24, 2.45) is 4.99 Å². The van der Waals surface area contributed by atoms with E-state index < -0.39 is 0 Å². The average Bonchev–Trinajstić information content (AvgIpc) is 3.29. The van der Waals surface area contributed by atoms with Crippen LogP contribution in [0.1, 0.15) is 30.9 Å². The summed E-state index contributed by atoms with van der Waals surface area (Å²) in [5.41, 5.74) is 5.46. The van der Waals surface area contributed by atoms with Crippen LogP contribution in [-0.4, -0.2) is 32.5 Å². The molecular weight excluding hydrogens is 418 g/mol. The van der Waals surface area contributed by atoms with Crippen LogP contribution in [0.15, 0.2) is 102 Å². The molecule has 0 radical (unpaired) electrons. The number of rotatable bonds is 5. The smallest absolute Gasteiger partial charge is 0.169 e. The molecule has 168 valence electrons. The summed E-state index contributed by atoms with van der Waals surface area (Å²) in [6.45, 7) is 8.89. The van der Waals surface area contributed by atoms with E-state index in [0.717, 1.165) is 39.5 Å². The molecular formula is C29H27N5. The highest BCUT2D eigenvalue weighted by atomic mass is 15.3. The van der Waals surface area contributed by atoms with Crippen molar-refractivity contribution in [3.05, 3.63) is 114 Å². The molecule has 0 saturated carbocycles. The molecule has 1 aliphatic heterocycles. The second-order valence-corrected chi connectivity index (χ2v) is 7.58. The maximum Gasteiger partial charge on any atom is 0.169 e. The Bertz CT molecular complexity index is 1350. The van der Waals surface area contributed by atoms with Gasteiger partial charge in [-0.15, -0.1) is 10.2 Å². The van der Waals surface area contributed by atoms with Gasteiger partial charge in [0.25, 0.3) is 0 Å². The van der Waals surface area contributed by atoms with Crippen molar-refractivity contribution < 1.29 is 0 Å². The molecule has 1 aliphatic rings. The lowest BCUT2D eigenvalue weighted by Gasteiger charge is -2.15. The zero-order valence-corrected chi connectivity index (χ0v) is 19.5. The van der Waals surface area contributed by atoms with E-state index in [4.69, 9.17) is 0 Å². The zero-order valence-electron chi connectivity index (χ0n) is 19.5. The van der Waals surface area contributed by atoms with Gasteiger partial charge in [0.15, 0.2) is 11.6 Å². The number of aromatic nitrogens is 4. The third kappa shape index (κ3) is 4.84. The molecule has 1 aromatic carbocycles. The number of para-hydroxylation sites is 1. The molecule has 3 aromatic rings. The van der Waals surface area contributed by atoms with Crippen LogP contribution in [0.3, 0.4) is 0 Å². The SMILES string of the molecule is C=C1/C=C\C=C/CN=C/C=C\1c1nnc(-c2ccnc(/C=C\C)c2/C=C\C)n1-c1ccccc1. The van der Waals surface area contributed by atoms with E-state index in [1.54, 1.807) is 6.21 Å². The maximum absolute atomic E-state index is 4.68. The third-order valence-corrected chi connectivity index (χ3v) is 5.29. The van der Waals surface area contributed by atoms with Gasteiger partial charge in [-0.2, -0.15) is 0 Å². The van der Waals surface area contributed by atoms with E-state index in [9.17, 15) is 0 Å². The third-order valence-electron chi connectivity index (χ3n) is 5.29. The Morgan fingerprint density at radius 2 is 1.74 bits per heavy atom. The van der Waals surface area contributed by atoms with Crippen molar-refractivity contribution in [3.63, 3.8) is 0 Å². The predicted octanol–water partition coefficient (Wildman–Crippen LogP) is 6.53. The van der Waals surface area contributed by atoms with Gasteiger partial charge in [-0.3, -0.25) is 14.5 Å². The number of pyridine rings is 1. The summed E-state index contributed by atoms with van der Waals surface area (Å²) in [5, 5.41) is 9.33. The number of aliphatic imine (C=N–C) groups is 1. The first-order chi connectivity index (χ1) is 16.7. The normalized spacial score (nSPS) is 17.7. The van der Waals surface area contributed by atoms with E-state index in [1.165, 1.54) is 0 Å². The van der Waals surface area contributed by atoms with Crippen LogP contribution in [-0.2, 0) is 0 Å². The Hall–Kier alpha value is -4.38. The van der Waals surface area contributed by atoms with Gasteiger partial charge in [0.2, 0.25) is 0 Å². The number of hydrogen-bond donors (Lipinski definition) is 0. The molecule has 34 heavy (non-hydrogen) atoms. The van der Waals surface area contributed by atoms with Gasteiger partial charge >= 0.3 is 0 Å². The quantitative estimate of drug-likeness (QED) is 0.448. The molecule has 0 saturated heterocycles. The van der Waals surface area contributed by atoms with E-state index >= 15 is 0 Å². The summed E-state index contributed by atoms with van der Waals surface area (Å²) in [5.74, 6) is 1.43. The minimum atomic E-state index is 0.620. The zero-order chi connectivity index (χ0) is 23.8. The van der Waals surface area contributed by atoms with Crippen LogP contribution in [0, 0.1) is 0 Å². The fraction of sp³-hybridized carbons (Fsp3) is 0.103. The molecule has 4 rings (SSSR count). The standard InChI is InChI=1S/C29H27N5/c1-4-12-25-26(18-21-31-27(25)13-5-2)29-33-32-28(34(29)23-15-9-6-10-16-23)24-17-20-30-19-11-7-8-14-22(24)3/h4-18,20-21H,3,19H2,1-2H3/b11-7-,12-4-,13-5-,14-8-,24-17+,30-20?. The minimum Gasteiger partial charge on any atom is -0.289 e. The molecule has 5 heteroatoms. The lowest BCUT2D eigenvalue weighted by atomic mass is 10.0. The Kier molecular flexibility index (Phi) is 7.35. The van der Waals surface area contributed by atoms with Crippen molar-refractivity contribution in [3.8, 4) is 17.1 Å². The highest BCUT2D eigenvalue weighted by Gasteiger charge is 2.21. The van der Waals surface area contributed by atoms with Gasteiger partial charge in [-0.1, -0.05) is 67.3 Å². The van der Waals surface area contributed by atoms with E-state index in [0.29, 0.717) is 12.4 Å². The highest BCUT2D eigenvalue weighted by molar-refractivity contribution is 5.91. The van der Waals surface area contributed by atoms with Crippen LogP contribution in [0.25, 0.3) is 34.8 Å². The molecule has 0 atom stereocenters. The Morgan fingerprint density at radius 1 is 0.941 bits per heavy atom. The minimum absolute atomic E-state index is 0.620. The molecule has 0 amide bonds. The number of benzene rings is 1. The van der Waals surface area contributed by atoms with E-state index in [-0.39, 0.29) is 0 Å². The van der Waals surface area contributed by atoms with Crippen molar-refractivity contribution in [2.75, 3.05) is 6.54 Å². The highest BCUT2D eigenvalue weighted by Crippen LogP contribution is 2.32. The summed E-state index contributed by atoms with van der Waals surface area (Å²) in [6.07, 6.45) is 21.5. The van der Waals surface area contributed by atoms with Crippen LogP contribution in [0.4, 0.5) is 0 Å². The molecule has 0 fully saturated rings. The van der Waals surface area contributed by atoms with E-state index in [2.05, 4.69) is 49.5 Å². The summed E-state index contributed by atoms with van der Waals surface area (Å²) >= 11 is 0. The Morgan fingerprint density at radius 3 is 2.53 bits per heavy atom. The summed E-state index contributed by atoms with van der Waals surface area (Å²) in [7, 11) is 0. The van der Waals surface area contributed by atoms with Crippen molar-refractivity contribution >= 4 is 23.9 Å². The van der Waals surface area contributed by atoms with Crippen LogP contribution >= 0.6 is 0 Å². The van der Waals surface area contributed by atoms with Crippen LogP contribution < -0.4 is 0 Å². The van der Waals surface area contributed by atoms with Gasteiger partial charge in [0, 0.05) is 34.8 Å². The Labute approximate surface area is 200 Å². The first-order valence-corrected chi connectivity index (χ1v) is 11.2. The molecule has 5 nitrogen and oxygen atoms in total. The summed E-state index contributed by atoms with van der Waals surface area (Å²) in [4.78, 5) is 9.01. The molecule has 2 aromatic heterocycles. The number of allylic oxidation sites excluding steroid dienone is 8. The van der Waals surface area contributed by atoms with Gasteiger partial charge < -0.3 is 0 Å². The van der Waals surface area contributed by atoms with Crippen molar-refractivity contribution in [1.82, 2.24) is 19.7 Å². The first kappa shape index (κ1) is 22.8. The first-order valence-electron chi connectivity index (χ1n) is 11.2. The van der Waals surface area contributed by atoms with Gasteiger partial charge in [0.05, 0.1) is 12.2 Å². The summed E-state index contributed by atoms with van der Waals surface area (Å²) < 4.78 is 2.07. The lowest BCUT2D eigenvalue weighted by Crippen LogP contribution is -2.05. The predicted molar refractivity (Wildman–Crippen MR) is 143 cm³/mol. The molecule has 0 N–H and O–H groups in total. The molecule has 0 spiro atoms. The molecule has 0 aliphatic carbocycles. The van der Waals surface area contributed by atoms with Crippen LogP contribution in [0.5, 0.6) is 0 Å². The second kappa shape index (κ2) is 11.0. The molecule has 0 bridgehead atoms. The summed E-state index contributed by atoms with van der Waals surface area (Å²) in [6, 6.07) is 12.1.